The molecule has 0 spiro atoms. The molecule has 6 nitrogen and oxygen atoms in total. The molecule has 0 atom stereocenters. The summed E-state index contributed by atoms with van der Waals surface area (Å²) in [6.45, 7) is 4.29. The van der Waals surface area contributed by atoms with Gasteiger partial charge >= 0.3 is 0 Å². The number of aryl methyl sites for hydroxylation is 2. The fraction of sp³-hybridized carbons (Fsp3) is 0.0196. The van der Waals surface area contributed by atoms with E-state index in [0.717, 1.165) is 146 Å². The van der Waals surface area contributed by atoms with Gasteiger partial charge in [0.25, 0.3) is 0 Å². The average molecular weight is 1390 g/mol. The number of hydrogen-bond acceptors (Lipinski definition) is 4. The van der Waals surface area contributed by atoms with Crippen LogP contribution in [0.2, 0.25) is 0 Å². The van der Waals surface area contributed by atoms with Gasteiger partial charge in [0.2, 0.25) is 0 Å². The van der Waals surface area contributed by atoms with Gasteiger partial charge in [-0.2, -0.15) is 0 Å². The van der Waals surface area contributed by atoms with Gasteiger partial charge in [0.05, 0.1) is 22.4 Å². The van der Waals surface area contributed by atoms with Crippen molar-refractivity contribution in [1.82, 2.24) is 9.13 Å². The lowest BCUT2D eigenvalue weighted by Gasteiger charge is -2.28. The first kappa shape index (κ1) is 65.8. The Hall–Kier alpha value is -14.2. The summed E-state index contributed by atoms with van der Waals surface area (Å²) in [5, 5.41) is 2.32. The smallest absolute Gasteiger partial charge is 0.0619 e. The molecule has 514 valence electrons. The van der Waals surface area contributed by atoms with E-state index in [4.69, 9.17) is 0 Å². The standard InChI is InChI=1S/C102H76N6/c1-73-43-49-85(50-44-73)105(89-57-53-87(54-58-89)103(81-35-19-7-20-36-81)82-37-21-8-22-38-82)91-61-65-93(66-62-91)107-97-69-47-79(71-95(97)99(75-27-11-3-12-28-75)101(107)77-31-15-5-16-32-77)80-48-70-98-96(72-80)100(76-29-13-4-14-30-76)102(78-33-17-6-18-34-78)108(98)94-67-63-92(64-68-94)106(86-51-45-74(2)46-52-86)90-59-55-88(56-60-90)104(83-39-23-9-24-40-83)84-41-25-10-26-42-84/h3-72H,1-2H3. The highest BCUT2D eigenvalue weighted by Crippen LogP contribution is 2.49. The van der Waals surface area contributed by atoms with Gasteiger partial charge in [-0.05, 0) is 241 Å². The molecule has 6 heteroatoms. The van der Waals surface area contributed by atoms with Crippen molar-refractivity contribution in [3.8, 4) is 67.3 Å². The number of aromatic nitrogens is 2. The molecule has 0 saturated carbocycles. The molecule has 18 rings (SSSR count). The van der Waals surface area contributed by atoms with Crippen molar-refractivity contribution >= 4 is 90.1 Å². The highest BCUT2D eigenvalue weighted by molar-refractivity contribution is 6.10. The quantitative estimate of drug-likeness (QED) is 0.0805. The van der Waals surface area contributed by atoms with E-state index in [1.807, 2.05) is 0 Å². The summed E-state index contributed by atoms with van der Waals surface area (Å²) >= 11 is 0. The molecule has 2 heterocycles. The van der Waals surface area contributed by atoms with Crippen LogP contribution in [0.1, 0.15) is 11.1 Å². The third-order valence-corrected chi connectivity index (χ3v) is 20.6. The zero-order chi connectivity index (χ0) is 72.3. The lowest BCUT2D eigenvalue weighted by Crippen LogP contribution is -2.12. The van der Waals surface area contributed by atoms with Crippen LogP contribution < -0.4 is 19.6 Å². The van der Waals surface area contributed by atoms with Crippen molar-refractivity contribution < 1.29 is 0 Å². The van der Waals surface area contributed by atoms with E-state index in [-0.39, 0.29) is 0 Å². The van der Waals surface area contributed by atoms with Gasteiger partial charge in [-0.15, -0.1) is 0 Å². The van der Waals surface area contributed by atoms with Crippen LogP contribution in [0, 0.1) is 13.8 Å². The molecule has 0 aliphatic carbocycles. The van der Waals surface area contributed by atoms with Crippen LogP contribution in [0.15, 0.2) is 425 Å². The third kappa shape index (κ3) is 12.7. The van der Waals surface area contributed by atoms with Crippen molar-refractivity contribution in [3.05, 3.63) is 436 Å². The zero-order valence-corrected chi connectivity index (χ0v) is 60.1. The summed E-state index contributed by atoms with van der Waals surface area (Å²) in [5.41, 5.74) is 31.0. The maximum absolute atomic E-state index is 2.48. The first-order chi connectivity index (χ1) is 53.4. The lowest BCUT2D eigenvalue weighted by atomic mass is 9.94. The van der Waals surface area contributed by atoms with Crippen LogP contribution in [0.4, 0.5) is 68.2 Å². The first-order valence-electron chi connectivity index (χ1n) is 37.0. The Morgan fingerprint density at radius 2 is 0.380 bits per heavy atom. The number of benzene rings is 16. The summed E-state index contributed by atoms with van der Waals surface area (Å²) in [4.78, 5) is 9.33. The Morgan fingerprint density at radius 3 is 0.630 bits per heavy atom. The lowest BCUT2D eigenvalue weighted by molar-refractivity contribution is 1.13. The van der Waals surface area contributed by atoms with Gasteiger partial charge < -0.3 is 28.7 Å². The molecule has 0 aliphatic rings. The fourth-order valence-electron chi connectivity index (χ4n) is 15.5. The molecule has 18 aromatic rings. The van der Waals surface area contributed by atoms with Crippen molar-refractivity contribution in [3.63, 3.8) is 0 Å². The normalized spacial score (nSPS) is 11.2. The third-order valence-electron chi connectivity index (χ3n) is 20.6. The molecule has 0 unspecified atom stereocenters. The van der Waals surface area contributed by atoms with E-state index >= 15 is 0 Å². The second-order valence-electron chi connectivity index (χ2n) is 27.5. The Morgan fingerprint density at radius 1 is 0.176 bits per heavy atom. The topological polar surface area (TPSA) is 22.8 Å². The molecule has 0 fully saturated rings. The number of hydrogen-bond donors (Lipinski definition) is 0. The van der Waals surface area contributed by atoms with E-state index in [1.54, 1.807) is 0 Å². The van der Waals surface area contributed by atoms with Crippen molar-refractivity contribution in [2.45, 2.75) is 13.8 Å². The molecule has 0 radical (unpaired) electrons. The molecular weight excluding hydrogens is 1310 g/mol. The summed E-state index contributed by atoms with van der Waals surface area (Å²) in [7, 11) is 0. The van der Waals surface area contributed by atoms with Crippen LogP contribution >= 0.6 is 0 Å². The number of rotatable bonds is 19. The Bertz CT molecular complexity index is 5630. The second kappa shape index (κ2) is 29.1. The van der Waals surface area contributed by atoms with Crippen LogP contribution in [0.3, 0.4) is 0 Å². The highest BCUT2D eigenvalue weighted by Gasteiger charge is 2.27. The van der Waals surface area contributed by atoms with Gasteiger partial charge in [0.15, 0.2) is 0 Å². The van der Waals surface area contributed by atoms with Crippen LogP contribution in [0.25, 0.3) is 89.1 Å². The number of para-hydroxylation sites is 4. The Kier molecular flexibility index (Phi) is 17.8. The van der Waals surface area contributed by atoms with Gasteiger partial charge in [0.1, 0.15) is 0 Å². The largest absolute Gasteiger partial charge is 0.311 e. The molecule has 108 heavy (non-hydrogen) atoms. The monoisotopic (exact) mass is 1380 g/mol. The van der Waals surface area contributed by atoms with E-state index in [0.29, 0.717) is 0 Å². The minimum Gasteiger partial charge on any atom is -0.311 e. The molecule has 2 aromatic heterocycles. The van der Waals surface area contributed by atoms with Gasteiger partial charge in [-0.1, -0.05) is 242 Å². The molecule has 0 bridgehead atoms. The highest BCUT2D eigenvalue weighted by atomic mass is 15.2. The Balaban J connectivity index is 0.755. The molecule has 0 N–H and O–H groups in total. The van der Waals surface area contributed by atoms with Gasteiger partial charge in [0, 0.05) is 102 Å². The van der Waals surface area contributed by atoms with Crippen molar-refractivity contribution in [2.75, 3.05) is 19.6 Å². The van der Waals surface area contributed by atoms with Gasteiger partial charge in [-0.25, -0.2) is 0 Å². The Labute approximate surface area is 631 Å². The number of fused-ring (bicyclic) bond motifs is 2. The van der Waals surface area contributed by atoms with E-state index < -0.39 is 0 Å². The average Bonchev–Trinajstić information content (AvgIpc) is 1.59. The zero-order valence-electron chi connectivity index (χ0n) is 60.1. The van der Waals surface area contributed by atoms with E-state index in [1.165, 1.54) is 22.3 Å². The predicted octanol–water partition coefficient (Wildman–Crippen LogP) is 28.4. The predicted molar refractivity (Wildman–Crippen MR) is 455 cm³/mol. The van der Waals surface area contributed by atoms with E-state index in [9.17, 15) is 0 Å². The van der Waals surface area contributed by atoms with Gasteiger partial charge in [-0.3, -0.25) is 0 Å². The minimum atomic E-state index is 1.05. The number of nitrogens with zero attached hydrogens (tertiary/aromatic N) is 6. The number of anilines is 12. The van der Waals surface area contributed by atoms with Crippen LogP contribution in [0.5, 0.6) is 0 Å². The molecule has 16 aromatic carbocycles. The van der Waals surface area contributed by atoms with E-state index in [2.05, 4.69) is 467 Å². The SMILES string of the molecule is Cc1ccc(N(c2ccc(N(c3ccccc3)c3ccccc3)cc2)c2ccc(-n3c(-c4ccccc4)c(-c4ccccc4)c4cc(-c5ccc6c(c5)c(-c5ccccc5)c(-c5ccccc5)n6-c5ccc(N(c6ccc(C)cc6)c6ccc(N(c7ccccc7)c7ccccc7)cc6)cc5)ccc43)cc2)cc1. The summed E-state index contributed by atoms with van der Waals surface area (Å²) in [6, 6.07) is 154. The van der Waals surface area contributed by atoms with Crippen molar-refractivity contribution in [1.29, 1.82) is 0 Å². The fourth-order valence-corrected chi connectivity index (χ4v) is 15.5. The molecule has 0 saturated heterocycles. The molecule has 0 aliphatic heterocycles. The maximum atomic E-state index is 2.48. The van der Waals surface area contributed by atoms with Crippen molar-refractivity contribution in [2.24, 2.45) is 0 Å². The summed E-state index contributed by atoms with van der Waals surface area (Å²) < 4.78 is 4.95. The maximum Gasteiger partial charge on any atom is 0.0619 e. The van der Waals surface area contributed by atoms with Crippen LogP contribution in [-0.4, -0.2) is 9.13 Å². The minimum absolute atomic E-state index is 1.05. The molecular formula is C102H76N6. The molecule has 0 amide bonds. The van der Waals surface area contributed by atoms with Crippen LogP contribution in [-0.2, 0) is 0 Å². The summed E-state index contributed by atoms with van der Waals surface area (Å²) in [6.07, 6.45) is 0. The first-order valence-corrected chi connectivity index (χ1v) is 37.0. The second-order valence-corrected chi connectivity index (χ2v) is 27.5. The summed E-state index contributed by atoms with van der Waals surface area (Å²) in [5.74, 6) is 0.